The maximum absolute atomic E-state index is 9.88. The van der Waals surface area contributed by atoms with Crippen LogP contribution >= 0.6 is 0 Å². The third-order valence-electron chi connectivity index (χ3n) is 1.80. The lowest BCUT2D eigenvalue weighted by Gasteiger charge is -2.09. The smallest absolute Gasteiger partial charge is 0.235 e. The molecule has 1 fully saturated rings. The van der Waals surface area contributed by atoms with Crippen LogP contribution in [0.5, 0.6) is 0 Å². The molecule has 1 aliphatic rings. The standard InChI is InChI=1S/C7H11NO2/c1-2-7-6(8-5-9)3-4-10-7/h6-7H,2-4H2,1H3. The monoisotopic (exact) mass is 141 g/mol. The van der Waals surface area contributed by atoms with Gasteiger partial charge >= 0.3 is 0 Å². The van der Waals surface area contributed by atoms with Gasteiger partial charge in [0.25, 0.3) is 0 Å². The van der Waals surface area contributed by atoms with Gasteiger partial charge in [0.05, 0.1) is 12.1 Å². The van der Waals surface area contributed by atoms with Gasteiger partial charge in [-0.05, 0) is 12.8 Å². The van der Waals surface area contributed by atoms with E-state index in [1.807, 2.05) is 6.92 Å². The molecule has 0 amide bonds. The quantitative estimate of drug-likeness (QED) is 0.423. The highest BCUT2D eigenvalue weighted by Crippen LogP contribution is 2.18. The molecule has 0 aromatic carbocycles. The Morgan fingerprint density at radius 1 is 1.80 bits per heavy atom. The van der Waals surface area contributed by atoms with Crippen molar-refractivity contribution in [2.45, 2.75) is 31.9 Å². The van der Waals surface area contributed by atoms with E-state index < -0.39 is 0 Å². The molecule has 3 heteroatoms. The van der Waals surface area contributed by atoms with E-state index in [9.17, 15) is 4.79 Å². The first-order valence-corrected chi connectivity index (χ1v) is 3.57. The number of nitrogens with zero attached hydrogens (tertiary/aromatic N) is 1. The summed E-state index contributed by atoms with van der Waals surface area (Å²) in [7, 11) is 0. The van der Waals surface area contributed by atoms with Crippen molar-refractivity contribution in [2.75, 3.05) is 6.61 Å². The Morgan fingerprint density at radius 3 is 3.20 bits per heavy atom. The highest BCUT2D eigenvalue weighted by Gasteiger charge is 2.25. The van der Waals surface area contributed by atoms with Gasteiger partial charge in [-0.1, -0.05) is 6.92 Å². The summed E-state index contributed by atoms with van der Waals surface area (Å²) in [5.74, 6) is 0. The molecule has 3 nitrogen and oxygen atoms in total. The Balaban J connectivity index is 2.49. The molecule has 1 heterocycles. The predicted octanol–water partition coefficient (Wildman–Crippen LogP) is 0.890. The second-order valence-corrected chi connectivity index (χ2v) is 2.39. The van der Waals surface area contributed by atoms with E-state index in [1.54, 1.807) is 6.08 Å². The molecule has 1 saturated heterocycles. The zero-order valence-corrected chi connectivity index (χ0v) is 6.04. The first kappa shape index (κ1) is 7.45. The zero-order chi connectivity index (χ0) is 7.40. The SMILES string of the molecule is CCC1OCCC1N=C=O. The van der Waals surface area contributed by atoms with Gasteiger partial charge in [-0.3, -0.25) is 0 Å². The number of rotatable bonds is 2. The van der Waals surface area contributed by atoms with Crippen LogP contribution in [0, 0.1) is 0 Å². The van der Waals surface area contributed by atoms with Gasteiger partial charge in [-0.25, -0.2) is 4.79 Å². The van der Waals surface area contributed by atoms with Crippen LogP contribution in [-0.4, -0.2) is 24.8 Å². The van der Waals surface area contributed by atoms with Crippen molar-refractivity contribution in [1.82, 2.24) is 0 Å². The molecule has 0 aromatic rings. The Morgan fingerprint density at radius 2 is 2.60 bits per heavy atom. The van der Waals surface area contributed by atoms with Crippen molar-refractivity contribution < 1.29 is 9.53 Å². The van der Waals surface area contributed by atoms with Crippen molar-refractivity contribution in [3.8, 4) is 0 Å². The molecule has 10 heavy (non-hydrogen) atoms. The zero-order valence-electron chi connectivity index (χ0n) is 6.04. The molecule has 1 rings (SSSR count). The molecule has 2 atom stereocenters. The van der Waals surface area contributed by atoms with Crippen LogP contribution in [0.2, 0.25) is 0 Å². The average Bonchev–Trinajstić information content (AvgIpc) is 2.36. The minimum absolute atomic E-state index is 0.0718. The fourth-order valence-electron chi connectivity index (χ4n) is 1.24. The average molecular weight is 141 g/mol. The predicted molar refractivity (Wildman–Crippen MR) is 36.6 cm³/mol. The van der Waals surface area contributed by atoms with Gasteiger partial charge in [0.2, 0.25) is 6.08 Å². The Labute approximate surface area is 60.1 Å². The summed E-state index contributed by atoms with van der Waals surface area (Å²) in [5.41, 5.74) is 0. The van der Waals surface area contributed by atoms with E-state index >= 15 is 0 Å². The number of hydrogen-bond donors (Lipinski definition) is 0. The first-order chi connectivity index (χ1) is 4.88. The summed E-state index contributed by atoms with van der Waals surface area (Å²) in [4.78, 5) is 13.5. The maximum atomic E-state index is 9.88. The Hall–Kier alpha value is -0.660. The lowest BCUT2D eigenvalue weighted by molar-refractivity contribution is 0.102. The van der Waals surface area contributed by atoms with Gasteiger partial charge in [-0.15, -0.1) is 0 Å². The van der Waals surface area contributed by atoms with Crippen molar-refractivity contribution in [3.05, 3.63) is 0 Å². The molecule has 0 bridgehead atoms. The maximum Gasteiger partial charge on any atom is 0.235 e. The van der Waals surface area contributed by atoms with Crippen molar-refractivity contribution >= 4 is 6.08 Å². The Bertz CT molecular complexity index is 152. The van der Waals surface area contributed by atoms with Crippen molar-refractivity contribution in [2.24, 2.45) is 4.99 Å². The number of isocyanates is 1. The molecule has 0 spiro atoms. The molecule has 0 N–H and O–H groups in total. The molecule has 1 aliphatic heterocycles. The lowest BCUT2D eigenvalue weighted by Crippen LogP contribution is -2.17. The third kappa shape index (κ3) is 1.43. The van der Waals surface area contributed by atoms with Crippen LogP contribution in [0.15, 0.2) is 4.99 Å². The summed E-state index contributed by atoms with van der Waals surface area (Å²) in [6, 6.07) is 0.0718. The van der Waals surface area contributed by atoms with E-state index in [2.05, 4.69) is 4.99 Å². The summed E-state index contributed by atoms with van der Waals surface area (Å²) in [5, 5.41) is 0. The van der Waals surface area contributed by atoms with Crippen molar-refractivity contribution in [3.63, 3.8) is 0 Å². The normalized spacial score (nSPS) is 31.7. The minimum atomic E-state index is 0.0718. The van der Waals surface area contributed by atoms with Gasteiger partial charge in [0.1, 0.15) is 0 Å². The molecule has 0 aromatic heterocycles. The van der Waals surface area contributed by atoms with Crippen LogP contribution < -0.4 is 0 Å². The number of ether oxygens (including phenoxy) is 1. The topological polar surface area (TPSA) is 38.7 Å². The van der Waals surface area contributed by atoms with Crippen LogP contribution in [0.25, 0.3) is 0 Å². The fraction of sp³-hybridized carbons (Fsp3) is 0.857. The molecular weight excluding hydrogens is 130 g/mol. The van der Waals surface area contributed by atoms with E-state index in [1.165, 1.54) is 0 Å². The largest absolute Gasteiger partial charge is 0.376 e. The van der Waals surface area contributed by atoms with Gasteiger partial charge in [-0.2, -0.15) is 4.99 Å². The van der Waals surface area contributed by atoms with E-state index in [0.717, 1.165) is 19.4 Å². The number of aliphatic imine (C=N–C) groups is 1. The van der Waals surface area contributed by atoms with Crippen LogP contribution in [-0.2, 0) is 9.53 Å². The van der Waals surface area contributed by atoms with Crippen LogP contribution in [0.1, 0.15) is 19.8 Å². The molecule has 56 valence electrons. The van der Waals surface area contributed by atoms with Crippen LogP contribution in [0.4, 0.5) is 0 Å². The minimum Gasteiger partial charge on any atom is -0.376 e. The molecule has 2 unspecified atom stereocenters. The molecular formula is C7H11NO2. The highest BCUT2D eigenvalue weighted by molar-refractivity contribution is 5.33. The molecule has 0 saturated carbocycles. The first-order valence-electron chi connectivity index (χ1n) is 3.57. The van der Waals surface area contributed by atoms with Crippen molar-refractivity contribution in [1.29, 1.82) is 0 Å². The number of carbonyl (C=O) groups excluding carboxylic acids is 1. The molecule has 0 radical (unpaired) electrons. The second kappa shape index (κ2) is 3.49. The summed E-state index contributed by atoms with van der Waals surface area (Å²) >= 11 is 0. The van der Waals surface area contributed by atoms with E-state index in [0.29, 0.717) is 0 Å². The van der Waals surface area contributed by atoms with Gasteiger partial charge in [0.15, 0.2) is 0 Å². The number of hydrogen-bond acceptors (Lipinski definition) is 3. The fourth-order valence-corrected chi connectivity index (χ4v) is 1.24. The summed E-state index contributed by atoms with van der Waals surface area (Å²) in [6.45, 7) is 2.76. The van der Waals surface area contributed by atoms with E-state index in [-0.39, 0.29) is 12.1 Å². The lowest BCUT2D eigenvalue weighted by atomic mass is 10.1. The molecule has 0 aliphatic carbocycles. The summed E-state index contributed by atoms with van der Waals surface area (Å²) < 4.78 is 5.29. The van der Waals surface area contributed by atoms with Gasteiger partial charge < -0.3 is 4.74 Å². The highest BCUT2D eigenvalue weighted by atomic mass is 16.5. The Kier molecular flexibility index (Phi) is 2.60. The summed E-state index contributed by atoms with van der Waals surface area (Å²) in [6.07, 6.45) is 3.52. The van der Waals surface area contributed by atoms with Crippen LogP contribution in [0.3, 0.4) is 0 Å². The van der Waals surface area contributed by atoms with E-state index in [4.69, 9.17) is 4.74 Å². The second-order valence-electron chi connectivity index (χ2n) is 2.39. The van der Waals surface area contributed by atoms with Gasteiger partial charge in [0, 0.05) is 6.61 Å². The third-order valence-corrected chi connectivity index (χ3v) is 1.80.